The van der Waals surface area contributed by atoms with Gasteiger partial charge in [-0.05, 0) is 44.7 Å². The standard InChI is InChI=1S/C23H28N4O/c1-17-6-7-21-20(14-17)22(19(15-24)16-25-21)26-12-8-18(9-13-26)23(28)27-10-4-2-3-5-11-27/h6-7,14,16,18H,2-5,8-13H2,1H3. The third kappa shape index (κ3) is 3.69. The summed E-state index contributed by atoms with van der Waals surface area (Å²) in [5.74, 6) is 0.465. The molecular formula is C23H28N4O. The van der Waals surface area contributed by atoms with Gasteiger partial charge in [-0.3, -0.25) is 9.78 Å². The first-order valence-electron chi connectivity index (χ1n) is 10.5. The molecule has 0 aliphatic carbocycles. The van der Waals surface area contributed by atoms with Crippen LogP contribution >= 0.6 is 0 Å². The van der Waals surface area contributed by atoms with Gasteiger partial charge in [0.1, 0.15) is 6.07 Å². The molecule has 0 unspecified atom stereocenters. The molecule has 0 N–H and O–H groups in total. The highest BCUT2D eigenvalue weighted by Crippen LogP contribution is 2.33. The molecule has 0 bridgehead atoms. The molecule has 4 rings (SSSR count). The zero-order chi connectivity index (χ0) is 19.5. The minimum Gasteiger partial charge on any atom is -0.370 e. The van der Waals surface area contributed by atoms with Gasteiger partial charge in [-0.15, -0.1) is 0 Å². The van der Waals surface area contributed by atoms with Crippen LogP contribution in [0.4, 0.5) is 5.69 Å². The maximum Gasteiger partial charge on any atom is 0.225 e. The van der Waals surface area contributed by atoms with Gasteiger partial charge in [0.2, 0.25) is 5.91 Å². The number of hydrogen-bond donors (Lipinski definition) is 0. The highest BCUT2D eigenvalue weighted by Gasteiger charge is 2.30. The number of benzene rings is 1. The first kappa shape index (κ1) is 18.7. The Morgan fingerprint density at radius 3 is 2.50 bits per heavy atom. The van der Waals surface area contributed by atoms with Crippen LogP contribution in [0.5, 0.6) is 0 Å². The van der Waals surface area contributed by atoms with Gasteiger partial charge in [0.05, 0.1) is 16.8 Å². The van der Waals surface area contributed by atoms with Gasteiger partial charge in [-0.25, -0.2) is 0 Å². The lowest BCUT2D eigenvalue weighted by Crippen LogP contribution is -2.43. The molecule has 2 aliphatic heterocycles. The zero-order valence-electron chi connectivity index (χ0n) is 16.7. The lowest BCUT2D eigenvalue weighted by Gasteiger charge is -2.36. The summed E-state index contributed by atoms with van der Waals surface area (Å²) < 4.78 is 0. The van der Waals surface area contributed by atoms with Crippen molar-refractivity contribution in [1.29, 1.82) is 5.26 Å². The number of likely N-dealkylation sites (tertiary alicyclic amines) is 1. The zero-order valence-corrected chi connectivity index (χ0v) is 16.7. The summed E-state index contributed by atoms with van der Waals surface area (Å²) in [4.78, 5) is 21.8. The molecule has 0 spiro atoms. The largest absolute Gasteiger partial charge is 0.370 e. The van der Waals surface area contributed by atoms with Gasteiger partial charge in [-0.1, -0.05) is 24.5 Å². The van der Waals surface area contributed by atoms with E-state index in [1.807, 2.05) is 6.07 Å². The molecule has 2 aliphatic rings. The van der Waals surface area contributed by atoms with E-state index in [4.69, 9.17) is 0 Å². The molecule has 5 heteroatoms. The number of fused-ring (bicyclic) bond motifs is 1. The van der Waals surface area contributed by atoms with E-state index in [9.17, 15) is 10.1 Å². The Kier molecular flexibility index (Phi) is 5.47. The van der Waals surface area contributed by atoms with Crippen LogP contribution in [-0.2, 0) is 4.79 Å². The van der Waals surface area contributed by atoms with Crippen molar-refractivity contribution < 1.29 is 4.79 Å². The highest BCUT2D eigenvalue weighted by molar-refractivity contribution is 5.95. The monoisotopic (exact) mass is 376 g/mol. The Bertz CT molecular complexity index is 901. The third-order valence-electron chi connectivity index (χ3n) is 6.19. The van der Waals surface area contributed by atoms with Gasteiger partial charge in [0.25, 0.3) is 0 Å². The summed E-state index contributed by atoms with van der Waals surface area (Å²) in [6, 6.07) is 8.51. The second kappa shape index (κ2) is 8.18. The first-order chi connectivity index (χ1) is 13.7. The summed E-state index contributed by atoms with van der Waals surface area (Å²) in [5, 5.41) is 10.7. The van der Waals surface area contributed by atoms with Crippen molar-refractivity contribution in [3.05, 3.63) is 35.5 Å². The highest BCUT2D eigenvalue weighted by atomic mass is 16.2. The van der Waals surface area contributed by atoms with Gasteiger partial charge < -0.3 is 9.80 Å². The number of nitriles is 1. The summed E-state index contributed by atoms with van der Waals surface area (Å²) in [6.45, 7) is 5.53. The average Bonchev–Trinajstić information content (AvgIpc) is 3.02. The SMILES string of the molecule is Cc1ccc2ncc(C#N)c(N3CCC(C(=O)N4CCCCCC4)CC3)c2c1. The van der Waals surface area contributed by atoms with Crippen LogP contribution in [0.25, 0.3) is 10.9 Å². The predicted molar refractivity (Wildman–Crippen MR) is 111 cm³/mol. The second-order valence-electron chi connectivity index (χ2n) is 8.15. The number of aryl methyl sites for hydroxylation is 1. The Balaban J connectivity index is 1.53. The van der Waals surface area contributed by atoms with E-state index in [0.717, 1.165) is 74.0 Å². The lowest BCUT2D eigenvalue weighted by molar-refractivity contribution is -0.136. The molecule has 0 atom stereocenters. The summed E-state index contributed by atoms with van der Waals surface area (Å²) in [7, 11) is 0. The summed E-state index contributed by atoms with van der Waals surface area (Å²) in [6.07, 6.45) is 8.16. The number of piperidine rings is 1. The topological polar surface area (TPSA) is 60.2 Å². The summed E-state index contributed by atoms with van der Waals surface area (Å²) in [5.41, 5.74) is 3.69. The number of hydrogen-bond acceptors (Lipinski definition) is 4. The molecule has 0 saturated carbocycles. The van der Waals surface area contributed by atoms with Crippen LogP contribution in [0, 0.1) is 24.2 Å². The smallest absolute Gasteiger partial charge is 0.225 e. The van der Waals surface area contributed by atoms with Crippen molar-refractivity contribution in [3.8, 4) is 6.07 Å². The lowest BCUT2D eigenvalue weighted by atomic mass is 9.93. The molecular weight excluding hydrogens is 348 g/mol. The van der Waals surface area contributed by atoms with E-state index >= 15 is 0 Å². The van der Waals surface area contributed by atoms with Crippen LogP contribution in [0.1, 0.15) is 49.7 Å². The number of pyridine rings is 1. The molecule has 3 heterocycles. The van der Waals surface area contributed by atoms with E-state index in [1.165, 1.54) is 12.8 Å². The number of aromatic nitrogens is 1. The van der Waals surface area contributed by atoms with Crippen LogP contribution < -0.4 is 4.90 Å². The molecule has 0 radical (unpaired) electrons. The Labute approximate surface area is 167 Å². The van der Waals surface area contributed by atoms with E-state index in [0.29, 0.717) is 11.5 Å². The average molecular weight is 377 g/mol. The molecule has 2 aromatic rings. The Morgan fingerprint density at radius 1 is 1.11 bits per heavy atom. The second-order valence-corrected chi connectivity index (χ2v) is 8.15. The Hall–Kier alpha value is -2.61. The quantitative estimate of drug-likeness (QED) is 0.794. The number of rotatable bonds is 2. The molecule has 1 aromatic heterocycles. The van der Waals surface area contributed by atoms with Crippen molar-refractivity contribution in [2.75, 3.05) is 31.1 Å². The molecule has 2 saturated heterocycles. The van der Waals surface area contributed by atoms with Crippen LogP contribution in [0.3, 0.4) is 0 Å². The van der Waals surface area contributed by atoms with Gasteiger partial charge in [-0.2, -0.15) is 5.26 Å². The summed E-state index contributed by atoms with van der Waals surface area (Å²) >= 11 is 0. The van der Waals surface area contributed by atoms with E-state index in [2.05, 4.69) is 39.9 Å². The number of carbonyl (C=O) groups excluding carboxylic acids is 1. The molecule has 28 heavy (non-hydrogen) atoms. The minimum atomic E-state index is 0.120. The van der Waals surface area contributed by atoms with E-state index < -0.39 is 0 Å². The van der Waals surface area contributed by atoms with Crippen molar-refractivity contribution in [3.63, 3.8) is 0 Å². The predicted octanol–water partition coefficient (Wildman–Crippen LogP) is 4.03. The minimum absolute atomic E-state index is 0.120. The number of amides is 1. The fraction of sp³-hybridized carbons (Fsp3) is 0.522. The molecule has 1 aromatic carbocycles. The normalized spacial score (nSPS) is 18.7. The van der Waals surface area contributed by atoms with E-state index in [1.54, 1.807) is 6.20 Å². The number of carbonyl (C=O) groups is 1. The van der Waals surface area contributed by atoms with Crippen molar-refractivity contribution in [1.82, 2.24) is 9.88 Å². The molecule has 146 valence electrons. The number of anilines is 1. The van der Waals surface area contributed by atoms with Crippen LogP contribution in [0.2, 0.25) is 0 Å². The van der Waals surface area contributed by atoms with Crippen molar-refractivity contribution >= 4 is 22.5 Å². The van der Waals surface area contributed by atoms with Gasteiger partial charge in [0, 0.05) is 43.7 Å². The van der Waals surface area contributed by atoms with Crippen molar-refractivity contribution in [2.45, 2.75) is 45.4 Å². The van der Waals surface area contributed by atoms with Gasteiger partial charge >= 0.3 is 0 Å². The maximum absolute atomic E-state index is 13.0. The molecule has 5 nitrogen and oxygen atoms in total. The fourth-order valence-electron chi connectivity index (χ4n) is 4.61. The Morgan fingerprint density at radius 2 is 1.82 bits per heavy atom. The molecule has 2 fully saturated rings. The van der Waals surface area contributed by atoms with E-state index in [-0.39, 0.29) is 5.92 Å². The van der Waals surface area contributed by atoms with Gasteiger partial charge in [0.15, 0.2) is 0 Å². The first-order valence-corrected chi connectivity index (χ1v) is 10.5. The maximum atomic E-state index is 13.0. The van der Waals surface area contributed by atoms with Crippen LogP contribution in [-0.4, -0.2) is 42.0 Å². The van der Waals surface area contributed by atoms with Crippen molar-refractivity contribution in [2.24, 2.45) is 5.92 Å². The third-order valence-corrected chi connectivity index (χ3v) is 6.19. The number of nitrogens with zero attached hydrogens (tertiary/aromatic N) is 4. The fourth-order valence-corrected chi connectivity index (χ4v) is 4.61. The van der Waals surface area contributed by atoms with Crippen LogP contribution in [0.15, 0.2) is 24.4 Å². The molecule has 1 amide bonds.